The van der Waals surface area contributed by atoms with Crippen LogP contribution >= 0.6 is 0 Å². The maximum absolute atomic E-state index is 13.0. The van der Waals surface area contributed by atoms with Crippen LogP contribution in [0.15, 0.2) is 65.2 Å². The molecule has 0 unspecified atom stereocenters. The van der Waals surface area contributed by atoms with Crippen LogP contribution in [0, 0.1) is 6.92 Å². The van der Waals surface area contributed by atoms with E-state index in [1.54, 1.807) is 6.07 Å². The molecule has 4 heteroatoms. The molecule has 2 aromatic carbocycles. The maximum Gasteiger partial charge on any atom is 0.292 e. The summed E-state index contributed by atoms with van der Waals surface area (Å²) in [4.78, 5) is 14.9. The minimum absolute atomic E-state index is 0.0845. The van der Waals surface area contributed by atoms with Gasteiger partial charge in [-0.05, 0) is 25.3 Å². The van der Waals surface area contributed by atoms with Crippen LogP contribution < -0.4 is 0 Å². The fourth-order valence-corrected chi connectivity index (χ4v) is 3.50. The first kappa shape index (κ1) is 15.6. The van der Waals surface area contributed by atoms with Gasteiger partial charge in [-0.1, -0.05) is 65.3 Å². The summed E-state index contributed by atoms with van der Waals surface area (Å²) in [5.41, 5.74) is 4.04. The fourth-order valence-electron chi connectivity index (χ4n) is 3.50. The third-order valence-corrected chi connectivity index (χ3v) is 4.73. The number of aryl methyl sites for hydroxylation is 1. The minimum atomic E-state index is -0.0845. The van der Waals surface area contributed by atoms with Crippen molar-refractivity contribution in [2.75, 3.05) is 6.54 Å². The minimum Gasteiger partial charge on any atom is -0.350 e. The highest BCUT2D eigenvalue weighted by Gasteiger charge is 2.32. The molecule has 3 aromatic rings. The highest BCUT2D eigenvalue weighted by atomic mass is 16.5. The molecular weight excluding hydrogens is 312 g/mol. The average molecular weight is 332 g/mol. The quantitative estimate of drug-likeness (QED) is 0.702. The molecule has 0 bridgehead atoms. The Balaban J connectivity index is 1.59. The van der Waals surface area contributed by atoms with Gasteiger partial charge < -0.3 is 9.42 Å². The van der Waals surface area contributed by atoms with E-state index in [1.165, 1.54) is 11.1 Å². The van der Waals surface area contributed by atoms with Crippen molar-refractivity contribution >= 4 is 5.91 Å². The average Bonchev–Trinajstić information content (AvgIpc) is 3.32. The van der Waals surface area contributed by atoms with Gasteiger partial charge in [0.05, 0.1) is 6.04 Å². The van der Waals surface area contributed by atoms with Crippen molar-refractivity contribution in [2.45, 2.75) is 25.8 Å². The maximum atomic E-state index is 13.0. The van der Waals surface area contributed by atoms with Gasteiger partial charge in [-0.25, -0.2) is 0 Å². The lowest BCUT2D eigenvalue weighted by atomic mass is 10.0. The largest absolute Gasteiger partial charge is 0.350 e. The standard InChI is InChI=1S/C21H20N2O2/c1-15-7-5-10-17(13-15)19-11-6-12-23(19)21(24)20-14-18(22-25-20)16-8-3-2-4-9-16/h2-5,7-10,13-14,19H,6,11-12H2,1H3/t19-/m1/s1. The van der Waals surface area contributed by atoms with Crippen LogP contribution in [0.5, 0.6) is 0 Å². The number of carbonyl (C=O) groups is 1. The Kier molecular flexibility index (Phi) is 4.10. The molecule has 1 fully saturated rings. The van der Waals surface area contributed by atoms with Gasteiger partial charge in [0, 0.05) is 18.2 Å². The van der Waals surface area contributed by atoms with E-state index in [1.807, 2.05) is 41.3 Å². The first-order chi connectivity index (χ1) is 12.2. The molecule has 0 N–H and O–H groups in total. The second-order valence-electron chi connectivity index (χ2n) is 6.51. The summed E-state index contributed by atoms with van der Waals surface area (Å²) < 4.78 is 5.36. The lowest BCUT2D eigenvalue weighted by Gasteiger charge is -2.24. The number of carbonyl (C=O) groups excluding carboxylic acids is 1. The predicted octanol–water partition coefficient (Wildman–Crippen LogP) is 4.63. The van der Waals surface area contributed by atoms with Crippen molar-refractivity contribution in [1.82, 2.24) is 10.1 Å². The van der Waals surface area contributed by atoms with Crippen molar-refractivity contribution in [3.8, 4) is 11.3 Å². The number of nitrogens with zero attached hydrogens (tertiary/aromatic N) is 2. The van der Waals surface area contributed by atoms with Gasteiger partial charge >= 0.3 is 0 Å². The van der Waals surface area contributed by atoms with Crippen LogP contribution in [-0.2, 0) is 0 Å². The van der Waals surface area contributed by atoms with Crippen LogP contribution in [0.25, 0.3) is 11.3 Å². The van der Waals surface area contributed by atoms with Gasteiger partial charge in [0.25, 0.3) is 5.91 Å². The van der Waals surface area contributed by atoms with Gasteiger partial charge in [-0.15, -0.1) is 0 Å². The Morgan fingerprint density at radius 3 is 2.76 bits per heavy atom. The zero-order chi connectivity index (χ0) is 17.2. The van der Waals surface area contributed by atoms with E-state index in [0.29, 0.717) is 11.5 Å². The molecule has 0 saturated carbocycles. The first-order valence-corrected chi connectivity index (χ1v) is 8.62. The highest BCUT2D eigenvalue weighted by molar-refractivity contribution is 5.93. The summed E-state index contributed by atoms with van der Waals surface area (Å²) in [6.07, 6.45) is 1.99. The van der Waals surface area contributed by atoms with Crippen LogP contribution in [0.3, 0.4) is 0 Å². The second kappa shape index (κ2) is 6.55. The molecule has 1 atom stereocenters. The molecule has 2 heterocycles. The van der Waals surface area contributed by atoms with Crippen molar-refractivity contribution in [3.05, 3.63) is 77.6 Å². The van der Waals surface area contributed by atoms with Crippen molar-refractivity contribution in [2.24, 2.45) is 0 Å². The monoisotopic (exact) mass is 332 g/mol. The third-order valence-electron chi connectivity index (χ3n) is 4.73. The molecule has 25 heavy (non-hydrogen) atoms. The Morgan fingerprint density at radius 2 is 1.96 bits per heavy atom. The number of hydrogen-bond donors (Lipinski definition) is 0. The van der Waals surface area contributed by atoms with Gasteiger partial charge in [0.2, 0.25) is 5.76 Å². The molecular formula is C21H20N2O2. The molecule has 126 valence electrons. The molecule has 0 spiro atoms. The van der Waals surface area contributed by atoms with E-state index in [4.69, 9.17) is 4.52 Å². The molecule has 0 aliphatic carbocycles. The zero-order valence-corrected chi connectivity index (χ0v) is 14.2. The molecule has 1 amide bonds. The normalized spacial score (nSPS) is 17.0. The lowest BCUT2D eigenvalue weighted by molar-refractivity contribution is 0.0693. The fraction of sp³-hybridized carbons (Fsp3) is 0.238. The van der Waals surface area contributed by atoms with Gasteiger partial charge in [-0.3, -0.25) is 4.79 Å². The third kappa shape index (κ3) is 3.07. The number of hydrogen-bond acceptors (Lipinski definition) is 3. The zero-order valence-electron chi connectivity index (χ0n) is 14.2. The van der Waals surface area contributed by atoms with Gasteiger partial charge in [-0.2, -0.15) is 0 Å². The summed E-state index contributed by atoms with van der Waals surface area (Å²) in [7, 11) is 0. The van der Waals surface area contributed by atoms with E-state index < -0.39 is 0 Å². The van der Waals surface area contributed by atoms with E-state index in [0.717, 1.165) is 24.9 Å². The van der Waals surface area contributed by atoms with Gasteiger partial charge in [0.15, 0.2) is 0 Å². The summed E-state index contributed by atoms with van der Waals surface area (Å²) in [5.74, 6) is 0.220. The van der Waals surface area contributed by atoms with Crippen LogP contribution in [-0.4, -0.2) is 22.5 Å². The first-order valence-electron chi connectivity index (χ1n) is 8.62. The van der Waals surface area contributed by atoms with E-state index in [2.05, 4.69) is 30.3 Å². The SMILES string of the molecule is Cc1cccc([C@H]2CCCN2C(=O)c2cc(-c3ccccc3)no2)c1. The number of benzene rings is 2. The number of likely N-dealkylation sites (tertiary alicyclic amines) is 1. The van der Waals surface area contributed by atoms with Crippen LogP contribution in [0.1, 0.15) is 40.6 Å². The molecule has 1 saturated heterocycles. The van der Waals surface area contributed by atoms with Gasteiger partial charge in [0.1, 0.15) is 5.69 Å². The highest BCUT2D eigenvalue weighted by Crippen LogP contribution is 2.34. The number of rotatable bonds is 3. The topological polar surface area (TPSA) is 46.3 Å². The lowest BCUT2D eigenvalue weighted by Crippen LogP contribution is -2.30. The van der Waals surface area contributed by atoms with Crippen LogP contribution in [0.2, 0.25) is 0 Å². The summed E-state index contributed by atoms with van der Waals surface area (Å²) in [6, 6.07) is 20.0. The molecule has 4 rings (SSSR count). The molecule has 1 aliphatic heterocycles. The molecule has 0 radical (unpaired) electrons. The predicted molar refractivity (Wildman–Crippen MR) is 96.1 cm³/mol. The van der Waals surface area contributed by atoms with Crippen molar-refractivity contribution in [1.29, 1.82) is 0 Å². The van der Waals surface area contributed by atoms with Crippen molar-refractivity contribution < 1.29 is 9.32 Å². The molecule has 4 nitrogen and oxygen atoms in total. The van der Waals surface area contributed by atoms with Crippen LogP contribution in [0.4, 0.5) is 0 Å². The van der Waals surface area contributed by atoms with E-state index in [-0.39, 0.29) is 11.9 Å². The Labute approximate surface area is 147 Å². The molecule has 1 aliphatic rings. The summed E-state index contributed by atoms with van der Waals surface area (Å²) in [6.45, 7) is 2.83. The number of amides is 1. The van der Waals surface area contributed by atoms with E-state index >= 15 is 0 Å². The second-order valence-corrected chi connectivity index (χ2v) is 6.51. The Bertz CT molecular complexity index is 886. The summed E-state index contributed by atoms with van der Waals surface area (Å²) in [5, 5.41) is 4.07. The molecule has 1 aromatic heterocycles. The Morgan fingerprint density at radius 1 is 1.12 bits per heavy atom. The Hall–Kier alpha value is -2.88. The summed E-state index contributed by atoms with van der Waals surface area (Å²) >= 11 is 0. The van der Waals surface area contributed by atoms with E-state index in [9.17, 15) is 4.79 Å². The smallest absolute Gasteiger partial charge is 0.292 e. The van der Waals surface area contributed by atoms with Crippen molar-refractivity contribution in [3.63, 3.8) is 0 Å². The number of aromatic nitrogens is 1.